The average molecular weight is 720 g/mol. The van der Waals surface area contributed by atoms with Gasteiger partial charge in [0.1, 0.15) is 11.2 Å². The number of rotatable bonds is 6. The Labute approximate surface area is 322 Å². The summed E-state index contributed by atoms with van der Waals surface area (Å²) >= 11 is 1.86. The number of nitrogens with zero attached hydrogens (tertiary/aromatic N) is 1. The summed E-state index contributed by atoms with van der Waals surface area (Å²) in [7, 11) is 0. The van der Waals surface area contributed by atoms with E-state index in [2.05, 4.69) is 193 Å². The molecule has 0 N–H and O–H groups in total. The maximum absolute atomic E-state index is 6.46. The minimum absolute atomic E-state index is 0.906. The molecule has 0 fully saturated rings. The number of hydrogen-bond acceptors (Lipinski definition) is 3. The van der Waals surface area contributed by atoms with Gasteiger partial charge in [0, 0.05) is 53.3 Å². The first-order chi connectivity index (χ1) is 27.3. The number of benzene rings is 9. The topological polar surface area (TPSA) is 16.4 Å². The second kappa shape index (κ2) is 12.9. The molecular weight excluding hydrogens is 687 g/mol. The molecule has 0 atom stereocenters. The molecule has 55 heavy (non-hydrogen) atoms. The van der Waals surface area contributed by atoms with E-state index in [4.69, 9.17) is 4.42 Å². The first-order valence-corrected chi connectivity index (χ1v) is 19.5. The molecule has 0 aliphatic carbocycles. The summed E-state index contributed by atoms with van der Waals surface area (Å²) in [6.07, 6.45) is 0. The number of furan rings is 1. The van der Waals surface area contributed by atoms with E-state index in [-0.39, 0.29) is 0 Å². The lowest BCUT2D eigenvalue weighted by Crippen LogP contribution is -2.12. The first kappa shape index (κ1) is 31.6. The van der Waals surface area contributed by atoms with Crippen LogP contribution in [0.2, 0.25) is 0 Å². The van der Waals surface area contributed by atoms with Crippen molar-refractivity contribution in [1.82, 2.24) is 0 Å². The molecule has 11 rings (SSSR count). The molecule has 0 bridgehead atoms. The van der Waals surface area contributed by atoms with Crippen LogP contribution in [-0.2, 0) is 0 Å². The summed E-state index contributed by atoms with van der Waals surface area (Å²) in [6, 6.07) is 72.3. The third-order valence-corrected chi connectivity index (χ3v) is 12.0. The van der Waals surface area contributed by atoms with Crippen LogP contribution < -0.4 is 4.90 Å². The van der Waals surface area contributed by atoms with E-state index >= 15 is 0 Å². The lowest BCUT2D eigenvalue weighted by molar-refractivity contribution is 0.670. The van der Waals surface area contributed by atoms with E-state index < -0.39 is 0 Å². The second-order valence-electron chi connectivity index (χ2n) is 14.0. The van der Waals surface area contributed by atoms with Crippen molar-refractivity contribution in [2.24, 2.45) is 0 Å². The molecule has 258 valence electrons. The number of para-hydroxylation sites is 4. The SMILES string of the molecule is c1ccc(N(c2ccc(-c3cccc4c3oc3ccccc34)cc2)c2ccccc2-c2cccc3ccccc23)c(-c2ccc3c(c2)sc2ccccc23)c1. The fourth-order valence-electron chi connectivity index (χ4n) is 8.34. The van der Waals surface area contributed by atoms with Crippen molar-refractivity contribution in [2.75, 3.05) is 4.90 Å². The van der Waals surface area contributed by atoms with Crippen LogP contribution in [0.3, 0.4) is 0 Å². The highest BCUT2D eigenvalue weighted by molar-refractivity contribution is 7.25. The van der Waals surface area contributed by atoms with E-state index in [9.17, 15) is 0 Å². The van der Waals surface area contributed by atoms with Gasteiger partial charge >= 0.3 is 0 Å². The first-order valence-electron chi connectivity index (χ1n) is 18.7. The van der Waals surface area contributed by atoms with Gasteiger partial charge < -0.3 is 9.32 Å². The molecule has 0 saturated carbocycles. The van der Waals surface area contributed by atoms with Crippen LogP contribution in [-0.4, -0.2) is 0 Å². The Morgan fingerprint density at radius 3 is 1.82 bits per heavy atom. The molecule has 9 aromatic carbocycles. The van der Waals surface area contributed by atoms with Crippen LogP contribution in [0.4, 0.5) is 17.1 Å². The molecule has 2 nitrogen and oxygen atoms in total. The van der Waals surface area contributed by atoms with Crippen molar-refractivity contribution in [3.63, 3.8) is 0 Å². The molecule has 0 unspecified atom stereocenters. The van der Waals surface area contributed by atoms with Crippen molar-refractivity contribution in [3.8, 4) is 33.4 Å². The molecule has 0 amide bonds. The Morgan fingerprint density at radius 1 is 0.364 bits per heavy atom. The van der Waals surface area contributed by atoms with Crippen molar-refractivity contribution in [1.29, 1.82) is 0 Å². The predicted molar refractivity (Wildman–Crippen MR) is 235 cm³/mol. The van der Waals surface area contributed by atoms with Gasteiger partial charge in [-0.05, 0) is 69.9 Å². The molecule has 2 heterocycles. The van der Waals surface area contributed by atoms with Crippen LogP contribution >= 0.6 is 11.3 Å². The van der Waals surface area contributed by atoms with Gasteiger partial charge in [-0.1, -0.05) is 158 Å². The monoisotopic (exact) mass is 719 g/mol. The lowest BCUT2D eigenvalue weighted by atomic mass is 9.95. The highest BCUT2D eigenvalue weighted by Crippen LogP contribution is 2.47. The van der Waals surface area contributed by atoms with Crippen LogP contribution in [0.25, 0.3) is 86.3 Å². The normalized spacial score (nSPS) is 11.6. The molecular formula is C52H33NOS. The number of hydrogen-bond donors (Lipinski definition) is 0. The molecule has 0 aliphatic heterocycles. The summed E-state index contributed by atoms with van der Waals surface area (Å²) in [5, 5.41) is 7.34. The Bertz CT molecular complexity index is 3220. The zero-order chi connectivity index (χ0) is 36.3. The molecule has 11 aromatic rings. The van der Waals surface area contributed by atoms with E-state index in [1.165, 1.54) is 53.2 Å². The molecule has 0 saturated heterocycles. The Balaban J connectivity index is 1.11. The van der Waals surface area contributed by atoms with Gasteiger partial charge in [-0.2, -0.15) is 0 Å². The summed E-state index contributed by atoms with van der Waals surface area (Å²) in [5.74, 6) is 0. The standard InChI is InChI=1S/C52H33NOS/c1-2-15-38-34(13-1)14-11-21-41(38)42-17-4-8-24-48(42)53(37-30-27-35(28-31-37)40-20-12-22-46-43-18-5-9-25-49(43)54-52(40)46)47-23-7-3-16-39(47)36-29-32-45-44-19-6-10-26-50(44)55-51(45)33-36/h1-33H. The Kier molecular flexibility index (Phi) is 7.39. The summed E-state index contributed by atoms with van der Waals surface area (Å²) in [6.45, 7) is 0. The highest BCUT2D eigenvalue weighted by atomic mass is 32.1. The Morgan fingerprint density at radius 2 is 0.945 bits per heavy atom. The number of fused-ring (bicyclic) bond motifs is 7. The highest BCUT2D eigenvalue weighted by Gasteiger charge is 2.22. The molecule has 3 heteroatoms. The zero-order valence-electron chi connectivity index (χ0n) is 29.8. The fourth-order valence-corrected chi connectivity index (χ4v) is 9.48. The maximum atomic E-state index is 6.46. The lowest BCUT2D eigenvalue weighted by Gasteiger charge is -2.30. The van der Waals surface area contributed by atoms with Gasteiger partial charge in [-0.15, -0.1) is 11.3 Å². The predicted octanol–water partition coefficient (Wildman–Crippen LogP) is 15.6. The zero-order valence-corrected chi connectivity index (χ0v) is 30.6. The van der Waals surface area contributed by atoms with Crippen LogP contribution in [0, 0.1) is 0 Å². The van der Waals surface area contributed by atoms with Gasteiger partial charge in [0.15, 0.2) is 0 Å². The average Bonchev–Trinajstić information content (AvgIpc) is 3.82. The molecule has 0 aliphatic rings. The summed E-state index contributed by atoms with van der Waals surface area (Å²) in [4.78, 5) is 2.44. The third-order valence-electron chi connectivity index (χ3n) is 10.9. The minimum Gasteiger partial charge on any atom is -0.455 e. The molecule has 2 aromatic heterocycles. The van der Waals surface area contributed by atoms with Gasteiger partial charge in [-0.3, -0.25) is 0 Å². The van der Waals surface area contributed by atoms with Gasteiger partial charge in [0.2, 0.25) is 0 Å². The van der Waals surface area contributed by atoms with Crippen molar-refractivity contribution in [2.45, 2.75) is 0 Å². The van der Waals surface area contributed by atoms with Crippen LogP contribution in [0.15, 0.2) is 205 Å². The van der Waals surface area contributed by atoms with Crippen molar-refractivity contribution >= 4 is 81.3 Å². The number of anilines is 3. The minimum atomic E-state index is 0.906. The van der Waals surface area contributed by atoms with Crippen molar-refractivity contribution in [3.05, 3.63) is 200 Å². The Hall–Kier alpha value is -6.94. The summed E-state index contributed by atoms with van der Waals surface area (Å²) in [5.41, 5.74) is 12.1. The van der Waals surface area contributed by atoms with E-state index in [0.717, 1.165) is 50.1 Å². The largest absolute Gasteiger partial charge is 0.455 e. The molecule has 0 spiro atoms. The third kappa shape index (κ3) is 5.24. The summed E-state index contributed by atoms with van der Waals surface area (Å²) < 4.78 is 9.06. The van der Waals surface area contributed by atoms with E-state index in [1.807, 2.05) is 23.5 Å². The van der Waals surface area contributed by atoms with Crippen molar-refractivity contribution < 1.29 is 4.42 Å². The fraction of sp³-hybridized carbons (Fsp3) is 0. The van der Waals surface area contributed by atoms with Gasteiger partial charge in [0.25, 0.3) is 0 Å². The smallest absolute Gasteiger partial charge is 0.143 e. The van der Waals surface area contributed by atoms with Crippen LogP contribution in [0.1, 0.15) is 0 Å². The van der Waals surface area contributed by atoms with E-state index in [1.54, 1.807) is 0 Å². The second-order valence-corrected chi connectivity index (χ2v) is 15.1. The molecule has 0 radical (unpaired) electrons. The van der Waals surface area contributed by atoms with Gasteiger partial charge in [0.05, 0.1) is 11.4 Å². The van der Waals surface area contributed by atoms with E-state index in [0.29, 0.717) is 0 Å². The maximum Gasteiger partial charge on any atom is 0.143 e. The van der Waals surface area contributed by atoms with Crippen LogP contribution in [0.5, 0.6) is 0 Å². The quantitative estimate of drug-likeness (QED) is 0.170. The number of thiophene rings is 1. The van der Waals surface area contributed by atoms with Gasteiger partial charge in [-0.25, -0.2) is 0 Å².